The van der Waals surface area contributed by atoms with Crippen molar-refractivity contribution in [2.75, 3.05) is 0 Å². The van der Waals surface area contributed by atoms with Crippen molar-refractivity contribution < 1.29 is 9.90 Å². The maximum absolute atomic E-state index is 12.3. The SMILES string of the molecule is CC(C)C1CCCCC1NC(=O)c1ccc(Br)cc1O. The van der Waals surface area contributed by atoms with Gasteiger partial charge in [0.15, 0.2) is 0 Å². The van der Waals surface area contributed by atoms with Crippen LogP contribution in [0.4, 0.5) is 0 Å². The van der Waals surface area contributed by atoms with Crippen LogP contribution < -0.4 is 5.32 Å². The fourth-order valence-electron chi connectivity index (χ4n) is 3.08. The van der Waals surface area contributed by atoms with Crippen LogP contribution >= 0.6 is 15.9 Å². The molecule has 1 aromatic rings. The van der Waals surface area contributed by atoms with Crippen molar-refractivity contribution in [3.05, 3.63) is 28.2 Å². The summed E-state index contributed by atoms with van der Waals surface area (Å²) in [4.78, 5) is 12.3. The second-order valence-electron chi connectivity index (χ2n) is 5.93. The van der Waals surface area contributed by atoms with Gasteiger partial charge in [0, 0.05) is 10.5 Å². The van der Waals surface area contributed by atoms with Crippen molar-refractivity contribution in [2.24, 2.45) is 11.8 Å². The minimum atomic E-state index is -0.174. The monoisotopic (exact) mass is 339 g/mol. The number of hydrogen-bond donors (Lipinski definition) is 2. The lowest BCUT2D eigenvalue weighted by molar-refractivity contribution is 0.0886. The molecule has 2 N–H and O–H groups in total. The van der Waals surface area contributed by atoms with Gasteiger partial charge in [-0.2, -0.15) is 0 Å². The van der Waals surface area contributed by atoms with Gasteiger partial charge < -0.3 is 10.4 Å². The van der Waals surface area contributed by atoms with E-state index in [0.29, 0.717) is 17.4 Å². The number of carbonyl (C=O) groups excluding carboxylic acids is 1. The Hall–Kier alpha value is -1.03. The van der Waals surface area contributed by atoms with E-state index < -0.39 is 0 Å². The van der Waals surface area contributed by atoms with E-state index in [4.69, 9.17) is 0 Å². The molecule has 20 heavy (non-hydrogen) atoms. The minimum absolute atomic E-state index is 0.0220. The second kappa shape index (κ2) is 6.61. The lowest BCUT2D eigenvalue weighted by atomic mass is 9.78. The quantitative estimate of drug-likeness (QED) is 0.870. The number of phenols is 1. The molecule has 1 amide bonds. The van der Waals surface area contributed by atoms with Crippen LogP contribution in [0, 0.1) is 11.8 Å². The maximum Gasteiger partial charge on any atom is 0.255 e. The molecule has 4 heteroatoms. The van der Waals surface area contributed by atoms with Crippen molar-refractivity contribution in [1.29, 1.82) is 0 Å². The lowest BCUT2D eigenvalue weighted by Gasteiger charge is -2.35. The highest BCUT2D eigenvalue weighted by atomic mass is 79.9. The molecule has 0 radical (unpaired) electrons. The number of aromatic hydroxyl groups is 1. The molecule has 1 aliphatic carbocycles. The number of carbonyl (C=O) groups is 1. The first-order valence-corrected chi connectivity index (χ1v) is 8.07. The van der Waals surface area contributed by atoms with Crippen molar-refractivity contribution in [2.45, 2.75) is 45.6 Å². The van der Waals surface area contributed by atoms with E-state index >= 15 is 0 Å². The Morgan fingerprint density at radius 2 is 2.05 bits per heavy atom. The first kappa shape index (κ1) is 15.4. The third-order valence-corrected chi connectivity index (χ3v) is 4.69. The number of rotatable bonds is 3. The van der Waals surface area contributed by atoms with E-state index in [1.54, 1.807) is 18.2 Å². The normalized spacial score (nSPS) is 22.8. The molecule has 3 nitrogen and oxygen atoms in total. The molecule has 1 fully saturated rings. The van der Waals surface area contributed by atoms with Crippen molar-refractivity contribution in [3.63, 3.8) is 0 Å². The number of hydrogen-bond acceptors (Lipinski definition) is 2. The molecule has 0 aromatic heterocycles. The van der Waals surface area contributed by atoms with E-state index in [0.717, 1.165) is 10.9 Å². The van der Waals surface area contributed by atoms with Crippen LogP contribution in [0.5, 0.6) is 5.75 Å². The first-order chi connectivity index (χ1) is 9.49. The molecular formula is C16H22BrNO2. The molecule has 2 atom stereocenters. The molecule has 1 saturated carbocycles. The number of benzene rings is 1. The van der Waals surface area contributed by atoms with Crippen LogP contribution in [0.1, 0.15) is 49.9 Å². The summed E-state index contributed by atoms with van der Waals surface area (Å²) in [5.74, 6) is 0.950. The molecule has 0 saturated heterocycles. The molecule has 2 unspecified atom stereocenters. The predicted octanol–water partition coefficient (Wildman–Crippen LogP) is 4.10. The predicted molar refractivity (Wildman–Crippen MR) is 83.9 cm³/mol. The van der Waals surface area contributed by atoms with Gasteiger partial charge in [0.05, 0.1) is 5.56 Å². The highest BCUT2D eigenvalue weighted by Gasteiger charge is 2.29. The lowest BCUT2D eigenvalue weighted by Crippen LogP contribution is -2.43. The summed E-state index contributed by atoms with van der Waals surface area (Å²) in [7, 11) is 0. The summed E-state index contributed by atoms with van der Waals surface area (Å²) in [6.45, 7) is 4.43. The summed E-state index contributed by atoms with van der Waals surface area (Å²) in [5.41, 5.74) is 0.348. The van der Waals surface area contributed by atoms with Gasteiger partial charge in [-0.1, -0.05) is 42.6 Å². The van der Waals surface area contributed by atoms with Crippen molar-refractivity contribution in [3.8, 4) is 5.75 Å². The summed E-state index contributed by atoms with van der Waals surface area (Å²) in [6, 6.07) is 5.20. The van der Waals surface area contributed by atoms with E-state index in [9.17, 15) is 9.90 Å². The van der Waals surface area contributed by atoms with Crippen LogP contribution in [-0.2, 0) is 0 Å². The molecule has 0 aliphatic heterocycles. The summed E-state index contributed by atoms with van der Waals surface area (Å²) in [5, 5.41) is 13.0. The van der Waals surface area contributed by atoms with Gasteiger partial charge in [-0.05, 0) is 42.9 Å². The smallest absolute Gasteiger partial charge is 0.255 e. The van der Waals surface area contributed by atoms with Gasteiger partial charge in [0.2, 0.25) is 0 Å². The Balaban J connectivity index is 2.09. The summed E-state index contributed by atoms with van der Waals surface area (Å²) >= 11 is 3.28. The Morgan fingerprint density at radius 1 is 1.35 bits per heavy atom. The molecule has 2 rings (SSSR count). The van der Waals surface area contributed by atoms with E-state index in [-0.39, 0.29) is 17.7 Å². The largest absolute Gasteiger partial charge is 0.507 e. The van der Waals surface area contributed by atoms with Gasteiger partial charge in [-0.15, -0.1) is 0 Å². The van der Waals surface area contributed by atoms with Gasteiger partial charge in [-0.3, -0.25) is 4.79 Å². The van der Waals surface area contributed by atoms with Gasteiger partial charge in [-0.25, -0.2) is 0 Å². The van der Waals surface area contributed by atoms with Gasteiger partial charge in [0.1, 0.15) is 5.75 Å². The van der Waals surface area contributed by atoms with Crippen LogP contribution in [0.2, 0.25) is 0 Å². The minimum Gasteiger partial charge on any atom is -0.507 e. The number of amides is 1. The van der Waals surface area contributed by atoms with Crippen molar-refractivity contribution >= 4 is 21.8 Å². The molecular weight excluding hydrogens is 318 g/mol. The molecule has 0 heterocycles. The zero-order valence-electron chi connectivity index (χ0n) is 12.0. The number of nitrogens with one attached hydrogen (secondary N) is 1. The highest BCUT2D eigenvalue weighted by Crippen LogP contribution is 2.31. The molecule has 1 aliphatic rings. The third kappa shape index (κ3) is 3.54. The van der Waals surface area contributed by atoms with E-state index in [1.807, 2.05) is 0 Å². The molecule has 1 aromatic carbocycles. The van der Waals surface area contributed by atoms with Gasteiger partial charge in [0.25, 0.3) is 5.91 Å². The Kier molecular flexibility index (Phi) is 5.08. The average molecular weight is 340 g/mol. The molecule has 0 spiro atoms. The van der Waals surface area contributed by atoms with E-state index in [1.165, 1.54) is 19.3 Å². The molecule has 110 valence electrons. The topological polar surface area (TPSA) is 49.3 Å². The molecule has 0 bridgehead atoms. The fourth-order valence-corrected chi connectivity index (χ4v) is 3.43. The average Bonchev–Trinajstić information content (AvgIpc) is 2.38. The summed E-state index contributed by atoms with van der Waals surface area (Å²) in [6.07, 6.45) is 4.63. The Bertz CT molecular complexity index is 487. The Labute approximate surface area is 128 Å². The van der Waals surface area contributed by atoms with Crippen LogP contribution in [0.15, 0.2) is 22.7 Å². The summed E-state index contributed by atoms with van der Waals surface area (Å²) < 4.78 is 0.768. The first-order valence-electron chi connectivity index (χ1n) is 7.28. The third-order valence-electron chi connectivity index (χ3n) is 4.20. The fraction of sp³-hybridized carbons (Fsp3) is 0.562. The highest BCUT2D eigenvalue weighted by molar-refractivity contribution is 9.10. The van der Waals surface area contributed by atoms with Crippen LogP contribution in [-0.4, -0.2) is 17.1 Å². The van der Waals surface area contributed by atoms with Crippen LogP contribution in [0.25, 0.3) is 0 Å². The standard InChI is InChI=1S/C16H22BrNO2/c1-10(2)12-5-3-4-6-14(12)18-16(20)13-8-7-11(17)9-15(13)19/h7-10,12,14,19H,3-6H2,1-2H3,(H,18,20). The van der Waals surface area contributed by atoms with Gasteiger partial charge >= 0.3 is 0 Å². The maximum atomic E-state index is 12.3. The van der Waals surface area contributed by atoms with Crippen molar-refractivity contribution in [1.82, 2.24) is 5.32 Å². The number of halogens is 1. The van der Waals surface area contributed by atoms with E-state index in [2.05, 4.69) is 35.1 Å². The Morgan fingerprint density at radius 3 is 2.70 bits per heavy atom. The number of phenolic OH excluding ortho intramolecular Hbond substituents is 1. The van der Waals surface area contributed by atoms with Crippen LogP contribution in [0.3, 0.4) is 0 Å². The second-order valence-corrected chi connectivity index (χ2v) is 6.85. The zero-order chi connectivity index (χ0) is 14.7. The zero-order valence-corrected chi connectivity index (χ0v) is 13.6.